The molecule has 140 valence electrons. The first-order chi connectivity index (χ1) is 13.2. The van der Waals surface area contributed by atoms with Gasteiger partial charge in [0.15, 0.2) is 0 Å². The topological polar surface area (TPSA) is 54.3 Å². The van der Waals surface area contributed by atoms with Gasteiger partial charge in [0.05, 0.1) is 18.8 Å². The molecular weight excluding hydrogens is 336 g/mol. The van der Waals surface area contributed by atoms with E-state index in [1.165, 1.54) is 5.56 Å². The molecular formula is C23H26N2O2. The van der Waals surface area contributed by atoms with Crippen LogP contribution < -0.4 is 10.6 Å². The maximum absolute atomic E-state index is 12.4. The Balaban J connectivity index is 1.50. The predicted molar refractivity (Wildman–Crippen MR) is 107 cm³/mol. The molecule has 2 atom stereocenters. The van der Waals surface area contributed by atoms with Gasteiger partial charge < -0.3 is 9.73 Å². The zero-order valence-electron chi connectivity index (χ0n) is 15.6. The Morgan fingerprint density at radius 2 is 1.67 bits per heavy atom. The second-order valence-corrected chi connectivity index (χ2v) is 6.73. The van der Waals surface area contributed by atoms with Gasteiger partial charge in [-0.3, -0.25) is 10.1 Å². The van der Waals surface area contributed by atoms with Crippen LogP contribution in [0.4, 0.5) is 0 Å². The average Bonchev–Trinajstić information content (AvgIpc) is 3.23. The van der Waals surface area contributed by atoms with Gasteiger partial charge in [-0.15, -0.1) is 0 Å². The molecule has 3 aromatic rings. The van der Waals surface area contributed by atoms with Crippen LogP contribution >= 0.6 is 0 Å². The minimum atomic E-state index is -0.147. The third kappa shape index (κ3) is 5.83. The number of aryl methyl sites for hydroxylation is 1. The van der Waals surface area contributed by atoms with Crippen LogP contribution in [0.25, 0.3) is 0 Å². The number of hydrogen-bond donors (Lipinski definition) is 2. The van der Waals surface area contributed by atoms with Gasteiger partial charge >= 0.3 is 0 Å². The minimum absolute atomic E-state index is 0.0111. The first-order valence-corrected chi connectivity index (χ1v) is 9.37. The van der Waals surface area contributed by atoms with Crippen molar-refractivity contribution in [2.24, 2.45) is 0 Å². The molecule has 0 radical (unpaired) electrons. The lowest BCUT2D eigenvalue weighted by atomic mass is 10.0. The number of benzene rings is 2. The van der Waals surface area contributed by atoms with Crippen LogP contribution in [0.2, 0.25) is 0 Å². The Labute approximate surface area is 160 Å². The van der Waals surface area contributed by atoms with E-state index in [1.807, 2.05) is 67.6 Å². The lowest BCUT2D eigenvalue weighted by Crippen LogP contribution is -2.40. The van der Waals surface area contributed by atoms with Crippen LogP contribution in [0.5, 0.6) is 0 Å². The minimum Gasteiger partial charge on any atom is -0.467 e. The second kappa shape index (κ2) is 9.74. The molecule has 4 nitrogen and oxygen atoms in total. The van der Waals surface area contributed by atoms with E-state index < -0.39 is 0 Å². The van der Waals surface area contributed by atoms with Crippen molar-refractivity contribution in [1.29, 1.82) is 0 Å². The maximum atomic E-state index is 12.4. The van der Waals surface area contributed by atoms with Crippen molar-refractivity contribution in [2.45, 2.75) is 31.8 Å². The highest BCUT2D eigenvalue weighted by atomic mass is 16.3. The van der Waals surface area contributed by atoms with Crippen LogP contribution in [0.1, 0.15) is 36.3 Å². The van der Waals surface area contributed by atoms with Gasteiger partial charge in [0.2, 0.25) is 5.91 Å². The molecule has 27 heavy (non-hydrogen) atoms. The standard InChI is InChI=1S/C23H26N2O2/c1-18(14-15-19-9-4-2-5-10-19)25-22(26)17-24-23(21-13-8-16-27-21)20-11-6-3-7-12-20/h2-13,16,18,23-24H,14-15,17H2,1H3,(H,25,26)/t18-,23+/m0/s1. The molecule has 0 bridgehead atoms. The van der Waals surface area contributed by atoms with E-state index in [-0.39, 0.29) is 24.5 Å². The van der Waals surface area contributed by atoms with Gasteiger partial charge in [0.25, 0.3) is 0 Å². The monoisotopic (exact) mass is 362 g/mol. The van der Waals surface area contributed by atoms with E-state index in [4.69, 9.17) is 4.42 Å². The Morgan fingerprint density at radius 1 is 0.963 bits per heavy atom. The van der Waals surface area contributed by atoms with Crippen LogP contribution in [0.3, 0.4) is 0 Å². The predicted octanol–water partition coefficient (Wildman–Crippen LogP) is 4.10. The summed E-state index contributed by atoms with van der Waals surface area (Å²) in [7, 11) is 0. The number of rotatable bonds is 9. The summed E-state index contributed by atoms with van der Waals surface area (Å²) in [6.07, 6.45) is 3.52. The van der Waals surface area contributed by atoms with Gasteiger partial charge in [-0.1, -0.05) is 60.7 Å². The van der Waals surface area contributed by atoms with E-state index >= 15 is 0 Å². The zero-order chi connectivity index (χ0) is 18.9. The van der Waals surface area contributed by atoms with Crippen LogP contribution in [0.15, 0.2) is 83.5 Å². The van der Waals surface area contributed by atoms with E-state index in [0.717, 1.165) is 24.2 Å². The largest absolute Gasteiger partial charge is 0.467 e. The summed E-state index contributed by atoms with van der Waals surface area (Å²) < 4.78 is 5.56. The number of carbonyl (C=O) groups excluding carboxylic acids is 1. The molecule has 0 aliphatic carbocycles. The van der Waals surface area contributed by atoms with Gasteiger partial charge in [-0.05, 0) is 43.0 Å². The van der Waals surface area contributed by atoms with Gasteiger partial charge in [-0.25, -0.2) is 0 Å². The van der Waals surface area contributed by atoms with Crippen LogP contribution in [-0.4, -0.2) is 18.5 Å². The molecule has 4 heteroatoms. The Hall–Kier alpha value is -2.85. The first-order valence-electron chi connectivity index (χ1n) is 9.37. The average molecular weight is 362 g/mol. The molecule has 0 spiro atoms. The molecule has 0 aliphatic heterocycles. The summed E-state index contributed by atoms with van der Waals surface area (Å²) in [5, 5.41) is 6.38. The van der Waals surface area contributed by atoms with Crippen molar-refractivity contribution < 1.29 is 9.21 Å². The molecule has 2 N–H and O–H groups in total. The molecule has 1 amide bonds. The fourth-order valence-corrected chi connectivity index (χ4v) is 3.10. The van der Waals surface area contributed by atoms with E-state index in [1.54, 1.807) is 6.26 Å². The molecule has 3 rings (SSSR count). The SMILES string of the molecule is C[C@@H](CCc1ccccc1)NC(=O)CN[C@H](c1ccccc1)c1ccco1. The number of carbonyl (C=O) groups is 1. The van der Waals surface area contributed by atoms with Crippen molar-refractivity contribution >= 4 is 5.91 Å². The fraction of sp³-hybridized carbons (Fsp3) is 0.261. The number of hydrogen-bond acceptors (Lipinski definition) is 3. The highest BCUT2D eigenvalue weighted by molar-refractivity contribution is 5.78. The van der Waals surface area contributed by atoms with Crippen molar-refractivity contribution in [1.82, 2.24) is 10.6 Å². The van der Waals surface area contributed by atoms with Crippen molar-refractivity contribution in [3.8, 4) is 0 Å². The van der Waals surface area contributed by atoms with E-state index in [0.29, 0.717) is 0 Å². The molecule has 0 saturated heterocycles. The van der Waals surface area contributed by atoms with Gasteiger partial charge in [0, 0.05) is 6.04 Å². The molecule has 1 aromatic heterocycles. The maximum Gasteiger partial charge on any atom is 0.234 e. The molecule has 0 saturated carbocycles. The zero-order valence-corrected chi connectivity index (χ0v) is 15.6. The summed E-state index contributed by atoms with van der Waals surface area (Å²) in [4.78, 5) is 12.4. The molecule has 2 aromatic carbocycles. The highest BCUT2D eigenvalue weighted by Crippen LogP contribution is 2.21. The lowest BCUT2D eigenvalue weighted by Gasteiger charge is -2.19. The Bertz CT molecular complexity index is 801. The second-order valence-electron chi connectivity index (χ2n) is 6.73. The van der Waals surface area contributed by atoms with Crippen LogP contribution in [0, 0.1) is 0 Å². The molecule has 1 heterocycles. The summed E-state index contributed by atoms with van der Waals surface area (Å²) >= 11 is 0. The first kappa shape index (κ1) is 18.9. The van der Waals surface area contributed by atoms with Crippen molar-refractivity contribution in [3.05, 3.63) is 95.9 Å². The molecule has 0 unspecified atom stereocenters. The number of amides is 1. The quantitative estimate of drug-likeness (QED) is 0.603. The third-order valence-electron chi connectivity index (χ3n) is 4.54. The van der Waals surface area contributed by atoms with Crippen LogP contribution in [-0.2, 0) is 11.2 Å². The summed E-state index contributed by atoms with van der Waals surface area (Å²) in [5.74, 6) is 0.786. The number of furan rings is 1. The summed E-state index contributed by atoms with van der Waals surface area (Å²) in [5.41, 5.74) is 2.36. The normalized spacial score (nSPS) is 13.1. The fourth-order valence-electron chi connectivity index (χ4n) is 3.10. The molecule has 0 fully saturated rings. The smallest absolute Gasteiger partial charge is 0.234 e. The third-order valence-corrected chi connectivity index (χ3v) is 4.54. The van der Waals surface area contributed by atoms with Crippen molar-refractivity contribution in [2.75, 3.05) is 6.54 Å². The Morgan fingerprint density at radius 3 is 2.33 bits per heavy atom. The van der Waals surface area contributed by atoms with Crippen molar-refractivity contribution in [3.63, 3.8) is 0 Å². The highest BCUT2D eigenvalue weighted by Gasteiger charge is 2.18. The Kier molecular flexibility index (Phi) is 6.83. The van der Waals surface area contributed by atoms with Gasteiger partial charge in [-0.2, -0.15) is 0 Å². The van der Waals surface area contributed by atoms with E-state index in [9.17, 15) is 4.79 Å². The van der Waals surface area contributed by atoms with E-state index in [2.05, 4.69) is 22.8 Å². The lowest BCUT2D eigenvalue weighted by molar-refractivity contribution is -0.121. The summed E-state index contributed by atoms with van der Waals surface area (Å²) in [6.45, 7) is 2.28. The number of nitrogens with one attached hydrogen (secondary N) is 2. The summed E-state index contributed by atoms with van der Waals surface area (Å²) in [6, 6.07) is 24.1. The molecule has 0 aliphatic rings. The van der Waals surface area contributed by atoms with Gasteiger partial charge in [0.1, 0.15) is 5.76 Å².